The van der Waals surface area contributed by atoms with E-state index in [1.807, 2.05) is 42.5 Å². The van der Waals surface area contributed by atoms with Crippen LogP contribution in [0.25, 0.3) is 16.5 Å². The van der Waals surface area contributed by atoms with Crippen molar-refractivity contribution in [1.29, 1.82) is 0 Å². The second kappa shape index (κ2) is 8.41. The van der Waals surface area contributed by atoms with Crippen LogP contribution in [0.1, 0.15) is 18.2 Å². The van der Waals surface area contributed by atoms with E-state index in [-0.39, 0.29) is 12.6 Å². The molecule has 0 saturated carbocycles. The van der Waals surface area contributed by atoms with E-state index < -0.39 is 38.9 Å². The molecule has 2 aromatic carbocycles. The number of hydrogen-bond donors (Lipinski definition) is 5. The minimum atomic E-state index is -2.15. The summed E-state index contributed by atoms with van der Waals surface area (Å²) in [5, 5.41) is 41.0. The van der Waals surface area contributed by atoms with Crippen LogP contribution in [0.5, 0.6) is 0 Å². The summed E-state index contributed by atoms with van der Waals surface area (Å²) in [5.41, 5.74) is 1.08. The Morgan fingerprint density at radius 3 is 2.48 bits per heavy atom. The van der Waals surface area contributed by atoms with E-state index in [0.29, 0.717) is 5.69 Å². The highest BCUT2D eigenvalue weighted by atomic mass is 31.2. The first-order valence-corrected chi connectivity index (χ1v) is 10.6. The van der Waals surface area contributed by atoms with Crippen LogP contribution in [0.2, 0.25) is 0 Å². The van der Waals surface area contributed by atoms with Gasteiger partial charge in [-0.3, -0.25) is 0 Å². The molecule has 0 amide bonds. The van der Waals surface area contributed by atoms with Gasteiger partial charge in [0.25, 0.3) is 0 Å². The van der Waals surface area contributed by atoms with Gasteiger partial charge in [-0.2, -0.15) is 0 Å². The predicted molar refractivity (Wildman–Crippen MR) is 105 cm³/mol. The van der Waals surface area contributed by atoms with Gasteiger partial charge in [0.1, 0.15) is 30.1 Å². The zero-order chi connectivity index (χ0) is 20.5. The molecule has 3 aromatic rings. The van der Waals surface area contributed by atoms with E-state index in [2.05, 4.69) is 10.3 Å². The monoisotopic (exact) mass is 419 g/mol. The Hall–Kier alpha value is -1.97. The zero-order valence-corrected chi connectivity index (χ0v) is 16.2. The van der Waals surface area contributed by atoms with Crippen molar-refractivity contribution in [1.82, 2.24) is 15.0 Å². The average Bonchev–Trinajstić information content (AvgIpc) is 3.21. The van der Waals surface area contributed by atoms with Crippen LogP contribution in [0.15, 0.2) is 48.7 Å². The van der Waals surface area contributed by atoms with E-state index >= 15 is 0 Å². The highest BCUT2D eigenvalue weighted by Gasteiger charge is 2.45. The smallest absolute Gasteiger partial charge is 0.165 e. The Morgan fingerprint density at radius 1 is 0.966 bits per heavy atom. The number of aliphatic hydroxyl groups excluding tert-OH is 3. The quantitative estimate of drug-likeness (QED) is 0.379. The molecular weight excluding hydrogens is 397 g/mol. The lowest BCUT2D eigenvalue weighted by atomic mass is 9.92. The molecule has 154 valence electrons. The molecule has 9 nitrogen and oxygen atoms in total. The molecule has 0 spiro atoms. The summed E-state index contributed by atoms with van der Waals surface area (Å²) < 4.78 is 7.30. The van der Waals surface area contributed by atoms with Gasteiger partial charge in [0.2, 0.25) is 0 Å². The van der Waals surface area contributed by atoms with E-state index in [1.54, 1.807) is 10.9 Å². The van der Waals surface area contributed by atoms with Gasteiger partial charge in [0, 0.05) is 6.16 Å². The maximum Gasteiger partial charge on any atom is 0.165 e. The van der Waals surface area contributed by atoms with Gasteiger partial charge in [-0.1, -0.05) is 35.5 Å². The standard InChI is InChI=1S/C19H22N3O6P/c23-16-15(7-8-29(26)27)28-19(18(25)17(16)24)14-10-22(21-20-14)13-6-5-11-3-1-2-4-12(11)9-13/h1-6,9-10,15-19,23-27H,7-8H2/t15?,16-,17?,18?,19-/m1/s1. The van der Waals surface area contributed by atoms with Crippen molar-refractivity contribution in [2.45, 2.75) is 36.9 Å². The van der Waals surface area contributed by atoms with E-state index in [1.165, 1.54) is 0 Å². The molecule has 0 aliphatic carbocycles. The minimum Gasteiger partial charge on any atom is -0.388 e. The van der Waals surface area contributed by atoms with Gasteiger partial charge >= 0.3 is 0 Å². The Morgan fingerprint density at radius 2 is 1.72 bits per heavy atom. The average molecular weight is 419 g/mol. The van der Waals surface area contributed by atoms with Gasteiger partial charge in [0.05, 0.1) is 18.0 Å². The molecule has 1 aliphatic heterocycles. The zero-order valence-electron chi connectivity index (χ0n) is 15.4. The summed E-state index contributed by atoms with van der Waals surface area (Å²) in [6.07, 6.45) is -4.31. The second-order valence-electron chi connectivity index (χ2n) is 7.07. The molecule has 3 unspecified atom stereocenters. The fraction of sp³-hybridized carbons (Fsp3) is 0.368. The van der Waals surface area contributed by atoms with Crippen LogP contribution < -0.4 is 0 Å². The van der Waals surface area contributed by atoms with Crippen molar-refractivity contribution in [3.8, 4) is 5.69 Å². The summed E-state index contributed by atoms with van der Waals surface area (Å²) in [7, 11) is -2.15. The van der Waals surface area contributed by atoms with E-state index in [4.69, 9.17) is 14.5 Å². The summed E-state index contributed by atoms with van der Waals surface area (Å²) in [4.78, 5) is 18.2. The molecule has 5 atom stereocenters. The third kappa shape index (κ3) is 4.17. The van der Waals surface area contributed by atoms with Crippen molar-refractivity contribution in [2.75, 3.05) is 6.16 Å². The van der Waals surface area contributed by atoms with Crippen LogP contribution >= 0.6 is 8.38 Å². The lowest BCUT2D eigenvalue weighted by molar-refractivity contribution is -0.225. The third-order valence-corrected chi connectivity index (χ3v) is 5.78. The van der Waals surface area contributed by atoms with Crippen molar-refractivity contribution in [2.24, 2.45) is 0 Å². The molecule has 4 rings (SSSR count). The van der Waals surface area contributed by atoms with Gasteiger partial charge in [0.15, 0.2) is 8.38 Å². The molecule has 1 fully saturated rings. The number of hydrogen-bond acceptors (Lipinski definition) is 8. The van der Waals surface area contributed by atoms with Gasteiger partial charge < -0.3 is 29.8 Å². The Balaban J connectivity index is 1.58. The normalized spacial score (nSPS) is 27.6. The first-order chi connectivity index (χ1) is 13.9. The first-order valence-electron chi connectivity index (χ1n) is 9.20. The summed E-state index contributed by atoms with van der Waals surface area (Å²) in [6, 6.07) is 13.7. The third-order valence-electron chi connectivity index (χ3n) is 5.13. The highest BCUT2D eigenvalue weighted by Crippen LogP contribution is 2.35. The highest BCUT2D eigenvalue weighted by molar-refractivity contribution is 7.45. The molecule has 2 heterocycles. The number of aromatic nitrogens is 3. The van der Waals surface area contributed by atoms with Gasteiger partial charge in [-0.25, -0.2) is 4.68 Å². The summed E-state index contributed by atoms with van der Waals surface area (Å²) >= 11 is 0. The largest absolute Gasteiger partial charge is 0.388 e. The molecule has 0 bridgehead atoms. The molecule has 29 heavy (non-hydrogen) atoms. The molecule has 10 heteroatoms. The number of aliphatic hydroxyl groups is 3. The van der Waals surface area contributed by atoms with Gasteiger partial charge in [-0.05, 0) is 29.3 Å². The van der Waals surface area contributed by atoms with E-state index in [9.17, 15) is 15.3 Å². The molecule has 0 radical (unpaired) electrons. The Kier molecular flexibility index (Phi) is 5.89. The molecular formula is C19H22N3O6P. The van der Waals surface area contributed by atoms with Crippen molar-refractivity contribution in [3.63, 3.8) is 0 Å². The Labute approximate surface area is 167 Å². The van der Waals surface area contributed by atoms with Crippen LogP contribution in [-0.2, 0) is 4.74 Å². The number of ether oxygens (including phenoxy) is 1. The lowest BCUT2D eigenvalue weighted by Crippen LogP contribution is -2.54. The fourth-order valence-electron chi connectivity index (χ4n) is 3.53. The number of nitrogens with zero attached hydrogens (tertiary/aromatic N) is 3. The minimum absolute atomic E-state index is 0.0242. The van der Waals surface area contributed by atoms with Crippen molar-refractivity contribution >= 4 is 19.1 Å². The van der Waals surface area contributed by atoms with Crippen LogP contribution in [-0.4, -0.2) is 70.7 Å². The number of fused-ring (bicyclic) bond motifs is 1. The predicted octanol–water partition coefficient (Wildman–Crippen LogP) is 0.630. The second-order valence-corrected chi connectivity index (χ2v) is 8.26. The maximum absolute atomic E-state index is 10.4. The lowest BCUT2D eigenvalue weighted by Gasteiger charge is -2.40. The molecule has 5 N–H and O–H groups in total. The molecule has 1 aliphatic rings. The van der Waals surface area contributed by atoms with Crippen molar-refractivity contribution < 1.29 is 29.8 Å². The SMILES string of the molecule is OC1C(O)[C@@H](c2cn(-c3ccc4ccccc4c3)nn2)OC(CCP(O)O)[C@H]1O. The number of benzene rings is 2. The number of rotatable bonds is 5. The van der Waals surface area contributed by atoms with Gasteiger partial charge in [-0.15, -0.1) is 5.10 Å². The maximum atomic E-state index is 10.4. The molecule has 1 saturated heterocycles. The molecule has 1 aromatic heterocycles. The van der Waals surface area contributed by atoms with Crippen LogP contribution in [0.3, 0.4) is 0 Å². The summed E-state index contributed by atoms with van der Waals surface area (Å²) in [5.74, 6) is 0. The first kappa shape index (κ1) is 20.3. The van der Waals surface area contributed by atoms with Crippen LogP contribution in [0.4, 0.5) is 0 Å². The summed E-state index contributed by atoms with van der Waals surface area (Å²) in [6.45, 7) is 0. The van der Waals surface area contributed by atoms with Crippen LogP contribution in [0, 0.1) is 0 Å². The fourth-order valence-corrected chi connectivity index (χ4v) is 4.01. The topological polar surface area (TPSA) is 141 Å². The van der Waals surface area contributed by atoms with Crippen molar-refractivity contribution in [3.05, 3.63) is 54.4 Å². The van der Waals surface area contributed by atoms with E-state index in [0.717, 1.165) is 16.5 Å². The Bertz CT molecular complexity index is 983.